The number of hydrogen-bond donors (Lipinski definition) is 0. The molecule has 0 radical (unpaired) electrons. The first-order chi connectivity index (χ1) is 10.7. The molecule has 0 bridgehead atoms. The lowest BCUT2D eigenvalue weighted by atomic mass is 9.83. The summed E-state index contributed by atoms with van der Waals surface area (Å²) < 4.78 is 11.0. The molecule has 1 saturated carbocycles. The van der Waals surface area contributed by atoms with E-state index in [1.165, 1.54) is 5.56 Å². The Kier molecular flexibility index (Phi) is 6.50. The number of rotatable bonds is 6. The van der Waals surface area contributed by atoms with Crippen LogP contribution in [0.15, 0.2) is 36.4 Å². The number of esters is 1. The molecule has 0 atom stereocenters. The van der Waals surface area contributed by atoms with E-state index in [9.17, 15) is 4.79 Å². The molecule has 0 spiro atoms. The second-order valence-electron chi connectivity index (χ2n) is 5.72. The highest BCUT2D eigenvalue weighted by Crippen LogP contribution is 2.34. The van der Waals surface area contributed by atoms with Crippen molar-refractivity contribution in [2.75, 3.05) is 6.61 Å². The zero-order valence-electron chi connectivity index (χ0n) is 13.6. The SMILES string of the molecule is CCC=CC(=O)OC1CCC(c2ccc(OCC)cc2)CC1. The molecule has 1 aromatic rings. The molecule has 1 aliphatic carbocycles. The predicted molar refractivity (Wildman–Crippen MR) is 88.1 cm³/mol. The molecule has 1 fully saturated rings. The molecule has 0 N–H and O–H groups in total. The van der Waals surface area contributed by atoms with E-state index in [4.69, 9.17) is 9.47 Å². The van der Waals surface area contributed by atoms with Gasteiger partial charge in [0.2, 0.25) is 0 Å². The van der Waals surface area contributed by atoms with E-state index in [0.717, 1.165) is 37.9 Å². The summed E-state index contributed by atoms with van der Waals surface area (Å²) in [5.74, 6) is 1.29. The molecule has 120 valence electrons. The third-order valence-corrected chi connectivity index (χ3v) is 4.11. The first-order valence-corrected chi connectivity index (χ1v) is 8.32. The lowest BCUT2D eigenvalue weighted by molar-refractivity contribution is -0.144. The van der Waals surface area contributed by atoms with Gasteiger partial charge in [-0.3, -0.25) is 0 Å². The van der Waals surface area contributed by atoms with Crippen LogP contribution < -0.4 is 4.74 Å². The highest BCUT2D eigenvalue weighted by molar-refractivity contribution is 5.82. The Morgan fingerprint density at radius 3 is 2.41 bits per heavy atom. The highest BCUT2D eigenvalue weighted by Gasteiger charge is 2.24. The fourth-order valence-corrected chi connectivity index (χ4v) is 2.93. The van der Waals surface area contributed by atoms with E-state index in [1.807, 2.05) is 32.1 Å². The summed E-state index contributed by atoms with van der Waals surface area (Å²) in [5, 5.41) is 0. The zero-order chi connectivity index (χ0) is 15.8. The highest BCUT2D eigenvalue weighted by atomic mass is 16.5. The standard InChI is InChI=1S/C19H26O3/c1-3-5-6-19(20)22-18-13-9-16(10-14-18)15-7-11-17(12-8-15)21-4-2/h5-8,11-12,16,18H,3-4,9-10,13-14H2,1-2H3. The van der Waals surface area contributed by atoms with Crippen LogP contribution in [0.1, 0.15) is 57.4 Å². The van der Waals surface area contributed by atoms with Gasteiger partial charge in [-0.05, 0) is 62.6 Å². The summed E-state index contributed by atoms with van der Waals surface area (Å²) in [6.45, 7) is 4.69. The Labute approximate surface area is 133 Å². The van der Waals surface area contributed by atoms with Gasteiger partial charge in [-0.25, -0.2) is 4.79 Å². The first kappa shape index (κ1) is 16.6. The minimum Gasteiger partial charge on any atom is -0.494 e. The largest absolute Gasteiger partial charge is 0.494 e. The number of carbonyl (C=O) groups is 1. The van der Waals surface area contributed by atoms with Crippen molar-refractivity contribution in [1.29, 1.82) is 0 Å². The molecule has 0 aliphatic heterocycles. The van der Waals surface area contributed by atoms with Crippen molar-refractivity contribution in [3.8, 4) is 5.75 Å². The second kappa shape index (κ2) is 8.62. The van der Waals surface area contributed by atoms with Gasteiger partial charge in [0, 0.05) is 6.08 Å². The monoisotopic (exact) mass is 302 g/mol. The number of allylic oxidation sites excluding steroid dienone is 1. The van der Waals surface area contributed by atoms with Gasteiger partial charge in [-0.2, -0.15) is 0 Å². The summed E-state index contributed by atoms with van der Waals surface area (Å²) in [5.41, 5.74) is 1.36. The summed E-state index contributed by atoms with van der Waals surface area (Å²) in [6, 6.07) is 8.40. The van der Waals surface area contributed by atoms with Crippen molar-refractivity contribution < 1.29 is 14.3 Å². The molecule has 0 heterocycles. The zero-order valence-corrected chi connectivity index (χ0v) is 13.6. The van der Waals surface area contributed by atoms with Gasteiger partial charge in [0.05, 0.1) is 6.61 Å². The molecule has 0 amide bonds. The van der Waals surface area contributed by atoms with Crippen LogP contribution in [0.4, 0.5) is 0 Å². The Bertz CT molecular complexity index is 482. The van der Waals surface area contributed by atoms with Gasteiger partial charge in [-0.1, -0.05) is 25.1 Å². The molecule has 3 heteroatoms. The summed E-state index contributed by atoms with van der Waals surface area (Å²) in [7, 11) is 0. The van der Waals surface area contributed by atoms with Gasteiger partial charge in [-0.15, -0.1) is 0 Å². The minimum atomic E-state index is -0.202. The van der Waals surface area contributed by atoms with Gasteiger partial charge in [0.15, 0.2) is 0 Å². The van der Waals surface area contributed by atoms with E-state index in [-0.39, 0.29) is 12.1 Å². The molecule has 3 nitrogen and oxygen atoms in total. The van der Waals surface area contributed by atoms with E-state index >= 15 is 0 Å². The van der Waals surface area contributed by atoms with Gasteiger partial charge < -0.3 is 9.47 Å². The van der Waals surface area contributed by atoms with Crippen LogP contribution in [0.3, 0.4) is 0 Å². The Morgan fingerprint density at radius 2 is 1.82 bits per heavy atom. The number of ether oxygens (including phenoxy) is 2. The molecular formula is C19H26O3. The Morgan fingerprint density at radius 1 is 1.14 bits per heavy atom. The fraction of sp³-hybridized carbons (Fsp3) is 0.526. The van der Waals surface area contributed by atoms with Crippen molar-refractivity contribution in [3.05, 3.63) is 42.0 Å². The fourth-order valence-electron chi connectivity index (χ4n) is 2.93. The topological polar surface area (TPSA) is 35.5 Å². The van der Waals surface area contributed by atoms with Gasteiger partial charge in [0.1, 0.15) is 11.9 Å². The summed E-state index contributed by atoms with van der Waals surface area (Å²) in [6.07, 6.45) is 8.36. The number of hydrogen-bond acceptors (Lipinski definition) is 3. The molecule has 1 aliphatic rings. The van der Waals surface area contributed by atoms with Crippen LogP contribution in [-0.2, 0) is 9.53 Å². The molecule has 22 heavy (non-hydrogen) atoms. The van der Waals surface area contributed by atoms with Gasteiger partial charge in [0.25, 0.3) is 0 Å². The first-order valence-electron chi connectivity index (χ1n) is 8.32. The smallest absolute Gasteiger partial charge is 0.330 e. The number of carbonyl (C=O) groups excluding carboxylic acids is 1. The van der Waals surface area contributed by atoms with E-state index in [1.54, 1.807) is 6.08 Å². The number of benzene rings is 1. The molecular weight excluding hydrogens is 276 g/mol. The quantitative estimate of drug-likeness (QED) is 0.568. The average molecular weight is 302 g/mol. The minimum absolute atomic E-state index is 0.0768. The Hall–Kier alpha value is -1.77. The van der Waals surface area contributed by atoms with Crippen molar-refractivity contribution >= 4 is 5.97 Å². The summed E-state index contributed by atoms with van der Waals surface area (Å²) >= 11 is 0. The maximum atomic E-state index is 11.6. The Balaban J connectivity index is 1.81. The van der Waals surface area contributed by atoms with Crippen LogP contribution >= 0.6 is 0 Å². The van der Waals surface area contributed by atoms with Crippen LogP contribution in [0.25, 0.3) is 0 Å². The van der Waals surface area contributed by atoms with Crippen molar-refractivity contribution in [2.24, 2.45) is 0 Å². The molecule has 1 aromatic carbocycles. The maximum absolute atomic E-state index is 11.6. The van der Waals surface area contributed by atoms with Gasteiger partial charge >= 0.3 is 5.97 Å². The van der Waals surface area contributed by atoms with E-state index < -0.39 is 0 Å². The van der Waals surface area contributed by atoms with Crippen LogP contribution in [0.2, 0.25) is 0 Å². The van der Waals surface area contributed by atoms with Crippen LogP contribution in [0, 0.1) is 0 Å². The molecule has 2 rings (SSSR count). The van der Waals surface area contributed by atoms with Crippen LogP contribution in [0.5, 0.6) is 5.75 Å². The lowest BCUT2D eigenvalue weighted by Gasteiger charge is -2.28. The normalized spacial score (nSPS) is 21.7. The molecule has 0 aromatic heterocycles. The third kappa shape index (κ3) is 4.90. The second-order valence-corrected chi connectivity index (χ2v) is 5.72. The van der Waals surface area contributed by atoms with Crippen molar-refractivity contribution in [1.82, 2.24) is 0 Å². The average Bonchev–Trinajstić information content (AvgIpc) is 2.55. The predicted octanol–water partition coefficient (Wildman–Crippen LogP) is 4.62. The van der Waals surface area contributed by atoms with Crippen LogP contribution in [-0.4, -0.2) is 18.7 Å². The molecule has 0 unspecified atom stereocenters. The van der Waals surface area contributed by atoms with Crippen molar-refractivity contribution in [2.45, 2.75) is 58.0 Å². The van der Waals surface area contributed by atoms with E-state index in [0.29, 0.717) is 12.5 Å². The molecule has 0 saturated heterocycles. The van der Waals surface area contributed by atoms with Crippen molar-refractivity contribution in [3.63, 3.8) is 0 Å². The lowest BCUT2D eigenvalue weighted by Crippen LogP contribution is -2.23. The van der Waals surface area contributed by atoms with E-state index in [2.05, 4.69) is 12.1 Å². The maximum Gasteiger partial charge on any atom is 0.330 e. The summed E-state index contributed by atoms with van der Waals surface area (Å²) in [4.78, 5) is 11.6. The third-order valence-electron chi connectivity index (χ3n) is 4.11.